The molecule has 0 spiro atoms. The van der Waals surface area contributed by atoms with Crippen LogP contribution < -0.4 is 4.74 Å². The third-order valence-corrected chi connectivity index (χ3v) is 2.93. The van der Waals surface area contributed by atoms with E-state index in [1.165, 1.54) is 0 Å². The van der Waals surface area contributed by atoms with Crippen LogP contribution in [-0.2, 0) is 6.61 Å². The molecule has 2 rings (SSSR count). The topological polar surface area (TPSA) is 29.5 Å². The van der Waals surface area contributed by atoms with E-state index in [4.69, 9.17) is 16.3 Å². The molecule has 0 heterocycles. The van der Waals surface area contributed by atoms with Gasteiger partial charge in [-0.3, -0.25) is 0 Å². The Morgan fingerprint density at radius 1 is 1.06 bits per heavy atom. The fourth-order valence-corrected chi connectivity index (χ4v) is 1.72. The van der Waals surface area contributed by atoms with Crippen LogP contribution in [-0.4, -0.2) is 5.11 Å². The lowest BCUT2D eigenvalue weighted by molar-refractivity contribution is 0.199. The number of ether oxygens (including phenoxy) is 1. The molecule has 0 fully saturated rings. The normalized spacial score (nSPS) is 12.2. The second kappa shape index (κ2) is 5.89. The molecule has 1 N–H and O–H groups in total. The first-order valence-electron chi connectivity index (χ1n) is 5.80. The van der Waals surface area contributed by atoms with Crippen molar-refractivity contribution in [2.45, 2.75) is 19.6 Å². The highest BCUT2D eigenvalue weighted by atomic mass is 35.5. The van der Waals surface area contributed by atoms with E-state index in [1.807, 2.05) is 48.5 Å². The highest BCUT2D eigenvalue weighted by molar-refractivity contribution is 6.30. The SMILES string of the molecule is C[C@@H](O)c1ccc(OCc2ccc(Cl)cc2)cc1. The summed E-state index contributed by atoms with van der Waals surface area (Å²) in [4.78, 5) is 0. The third kappa shape index (κ3) is 3.49. The Labute approximate surface area is 112 Å². The van der Waals surface area contributed by atoms with Crippen molar-refractivity contribution in [1.29, 1.82) is 0 Å². The lowest BCUT2D eigenvalue weighted by Gasteiger charge is -2.08. The van der Waals surface area contributed by atoms with Gasteiger partial charge in [-0.1, -0.05) is 35.9 Å². The second-order valence-electron chi connectivity index (χ2n) is 4.16. The molecule has 0 radical (unpaired) electrons. The molecule has 18 heavy (non-hydrogen) atoms. The summed E-state index contributed by atoms with van der Waals surface area (Å²) < 4.78 is 5.64. The molecule has 0 aromatic heterocycles. The summed E-state index contributed by atoms with van der Waals surface area (Å²) in [5.41, 5.74) is 1.95. The number of aliphatic hydroxyl groups is 1. The minimum absolute atomic E-state index is 0.449. The van der Waals surface area contributed by atoms with E-state index >= 15 is 0 Å². The van der Waals surface area contributed by atoms with Gasteiger partial charge < -0.3 is 9.84 Å². The number of hydrogen-bond acceptors (Lipinski definition) is 2. The molecule has 1 atom stereocenters. The maximum Gasteiger partial charge on any atom is 0.119 e. The zero-order chi connectivity index (χ0) is 13.0. The number of rotatable bonds is 4. The highest BCUT2D eigenvalue weighted by Gasteiger charge is 2.01. The minimum Gasteiger partial charge on any atom is -0.489 e. The molecule has 0 amide bonds. The van der Waals surface area contributed by atoms with Gasteiger partial charge in [-0.15, -0.1) is 0 Å². The molecule has 0 aliphatic heterocycles. The average molecular weight is 263 g/mol. The first kappa shape index (κ1) is 12.9. The summed E-state index contributed by atoms with van der Waals surface area (Å²) in [6.45, 7) is 2.24. The molecule has 0 unspecified atom stereocenters. The fourth-order valence-electron chi connectivity index (χ4n) is 1.59. The Bertz CT molecular complexity index is 489. The van der Waals surface area contributed by atoms with E-state index < -0.39 is 6.10 Å². The van der Waals surface area contributed by atoms with E-state index in [-0.39, 0.29) is 0 Å². The highest BCUT2D eigenvalue weighted by Crippen LogP contribution is 2.18. The molecular formula is C15H15ClO2. The van der Waals surface area contributed by atoms with Crippen molar-refractivity contribution in [2.75, 3.05) is 0 Å². The van der Waals surface area contributed by atoms with Crippen LogP contribution in [0.2, 0.25) is 5.02 Å². The largest absolute Gasteiger partial charge is 0.489 e. The lowest BCUT2D eigenvalue weighted by atomic mass is 10.1. The lowest BCUT2D eigenvalue weighted by Crippen LogP contribution is -1.96. The van der Waals surface area contributed by atoms with Gasteiger partial charge in [0.25, 0.3) is 0 Å². The second-order valence-corrected chi connectivity index (χ2v) is 4.60. The van der Waals surface area contributed by atoms with Crippen LogP contribution >= 0.6 is 11.6 Å². The summed E-state index contributed by atoms with van der Waals surface area (Å²) in [5.74, 6) is 0.786. The standard InChI is InChI=1S/C15H15ClO2/c1-11(17)13-4-8-15(9-5-13)18-10-12-2-6-14(16)7-3-12/h2-9,11,17H,10H2,1H3/t11-/m1/s1. The Balaban J connectivity index is 1.95. The summed E-state index contributed by atoms with van der Waals surface area (Å²) in [5, 5.41) is 10.1. The maximum absolute atomic E-state index is 9.40. The first-order valence-corrected chi connectivity index (χ1v) is 6.18. The van der Waals surface area contributed by atoms with Gasteiger partial charge in [-0.2, -0.15) is 0 Å². The smallest absolute Gasteiger partial charge is 0.119 e. The predicted molar refractivity (Wildman–Crippen MR) is 72.9 cm³/mol. The predicted octanol–water partition coefficient (Wildman–Crippen LogP) is 3.97. The van der Waals surface area contributed by atoms with Crippen LogP contribution in [0.15, 0.2) is 48.5 Å². The van der Waals surface area contributed by atoms with Gasteiger partial charge in [0, 0.05) is 5.02 Å². The van der Waals surface area contributed by atoms with Crippen LogP contribution in [0.4, 0.5) is 0 Å². The van der Waals surface area contributed by atoms with Gasteiger partial charge in [0.15, 0.2) is 0 Å². The molecule has 0 bridgehead atoms. The zero-order valence-electron chi connectivity index (χ0n) is 10.1. The van der Waals surface area contributed by atoms with E-state index in [0.29, 0.717) is 6.61 Å². The van der Waals surface area contributed by atoms with Crippen molar-refractivity contribution in [3.05, 3.63) is 64.7 Å². The first-order chi connectivity index (χ1) is 8.65. The number of benzene rings is 2. The quantitative estimate of drug-likeness (QED) is 0.903. The molecule has 0 saturated heterocycles. The van der Waals surface area contributed by atoms with Gasteiger partial charge in [-0.05, 0) is 42.3 Å². The van der Waals surface area contributed by atoms with Crippen LogP contribution in [0.5, 0.6) is 5.75 Å². The summed E-state index contributed by atoms with van der Waals surface area (Å²) in [6.07, 6.45) is -0.449. The Hall–Kier alpha value is -1.51. The minimum atomic E-state index is -0.449. The fraction of sp³-hybridized carbons (Fsp3) is 0.200. The number of halogens is 1. The molecular weight excluding hydrogens is 248 g/mol. The molecule has 94 valence electrons. The summed E-state index contributed by atoms with van der Waals surface area (Å²) in [6, 6.07) is 15.0. The zero-order valence-corrected chi connectivity index (χ0v) is 10.9. The van der Waals surface area contributed by atoms with Crippen LogP contribution in [0.3, 0.4) is 0 Å². The Morgan fingerprint density at radius 2 is 1.67 bits per heavy atom. The van der Waals surface area contributed by atoms with Gasteiger partial charge >= 0.3 is 0 Å². The van der Waals surface area contributed by atoms with Crippen molar-refractivity contribution >= 4 is 11.6 Å². The van der Waals surface area contributed by atoms with Crippen LogP contribution in [0.25, 0.3) is 0 Å². The Morgan fingerprint density at radius 3 is 2.22 bits per heavy atom. The molecule has 2 nitrogen and oxygen atoms in total. The van der Waals surface area contributed by atoms with E-state index in [9.17, 15) is 5.11 Å². The molecule has 0 saturated carbocycles. The molecule has 2 aromatic carbocycles. The van der Waals surface area contributed by atoms with Gasteiger partial charge in [-0.25, -0.2) is 0 Å². The van der Waals surface area contributed by atoms with Crippen molar-refractivity contribution in [3.8, 4) is 5.75 Å². The molecule has 3 heteroatoms. The van der Waals surface area contributed by atoms with Gasteiger partial charge in [0.2, 0.25) is 0 Å². The molecule has 0 aliphatic carbocycles. The monoisotopic (exact) mass is 262 g/mol. The molecule has 0 aliphatic rings. The van der Waals surface area contributed by atoms with E-state index in [1.54, 1.807) is 6.92 Å². The van der Waals surface area contributed by atoms with Crippen molar-refractivity contribution in [2.24, 2.45) is 0 Å². The summed E-state index contributed by atoms with van der Waals surface area (Å²) in [7, 11) is 0. The van der Waals surface area contributed by atoms with Crippen LogP contribution in [0, 0.1) is 0 Å². The maximum atomic E-state index is 9.40. The van der Waals surface area contributed by atoms with E-state index in [2.05, 4.69) is 0 Å². The number of aliphatic hydroxyl groups excluding tert-OH is 1. The van der Waals surface area contributed by atoms with Crippen molar-refractivity contribution in [3.63, 3.8) is 0 Å². The average Bonchev–Trinajstić information content (AvgIpc) is 2.38. The van der Waals surface area contributed by atoms with Crippen molar-refractivity contribution < 1.29 is 9.84 Å². The van der Waals surface area contributed by atoms with Crippen LogP contribution in [0.1, 0.15) is 24.2 Å². The summed E-state index contributed by atoms with van der Waals surface area (Å²) >= 11 is 5.81. The number of hydrogen-bond donors (Lipinski definition) is 1. The van der Waals surface area contributed by atoms with Gasteiger partial charge in [0.05, 0.1) is 6.10 Å². The van der Waals surface area contributed by atoms with Gasteiger partial charge in [0.1, 0.15) is 12.4 Å². The van der Waals surface area contributed by atoms with E-state index in [0.717, 1.165) is 21.9 Å². The Kier molecular flexibility index (Phi) is 4.24. The van der Waals surface area contributed by atoms with Crippen molar-refractivity contribution in [1.82, 2.24) is 0 Å². The third-order valence-electron chi connectivity index (χ3n) is 2.68. The molecule has 2 aromatic rings.